The first-order valence-corrected chi connectivity index (χ1v) is 14.6. The van der Waals surface area contributed by atoms with Crippen LogP contribution in [-0.2, 0) is 9.53 Å². The summed E-state index contributed by atoms with van der Waals surface area (Å²) in [5.41, 5.74) is 2.16. The number of carbonyl (C=O) groups excluding carboxylic acids is 1. The van der Waals surface area contributed by atoms with Crippen molar-refractivity contribution in [3.63, 3.8) is 0 Å². The fourth-order valence-electron chi connectivity index (χ4n) is 11.9. The maximum absolute atomic E-state index is 13.0. The standard InChI is InChI=1S/C31H49ClO2/c1-19(2)20-11-16-31(26(32)33)18-17-29(6)21(25(20)31)9-10-23-28(5)14-13-24(34-8)27(3,4)22(28)12-15-30(23,29)7/h20-25H,1,9-18H2,2-8H3/t20-,21+,22-,23+,24-,25+,28-,29+,30+,31-/m0/s1. The van der Waals surface area contributed by atoms with E-state index in [0.29, 0.717) is 34.7 Å². The molecule has 0 amide bonds. The van der Waals surface area contributed by atoms with Gasteiger partial charge in [0.05, 0.1) is 6.10 Å². The largest absolute Gasteiger partial charge is 0.381 e. The van der Waals surface area contributed by atoms with Gasteiger partial charge < -0.3 is 4.74 Å². The van der Waals surface area contributed by atoms with Crippen molar-refractivity contribution >= 4 is 16.8 Å². The molecule has 0 aromatic carbocycles. The lowest BCUT2D eigenvalue weighted by Crippen LogP contribution is -2.67. The van der Waals surface area contributed by atoms with Crippen molar-refractivity contribution in [2.45, 2.75) is 112 Å². The van der Waals surface area contributed by atoms with Crippen LogP contribution in [0.15, 0.2) is 12.2 Å². The van der Waals surface area contributed by atoms with E-state index in [-0.39, 0.29) is 21.5 Å². The highest BCUT2D eigenvalue weighted by atomic mass is 35.5. The molecule has 5 rings (SSSR count). The topological polar surface area (TPSA) is 26.3 Å². The first kappa shape index (κ1) is 25.3. The average molecular weight is 489 g/mol. The van der Waals surface area contributed by atoms with E-state index in [1.54, 1.807) is 0 Å². The lowest BCUT2D eigenvalue weighted by molar-refractivity contribution is -0.247. The van der Waals surface area contributed by atoms with Gasteiger partial charge in [0, 0.05) is 12.5 Å². The van der Waals surface area contributed by atoms with Crippen molar-refractivity contribution in [2.75, 3.05) is 7.11 Å². The zero-order valence-electron chi connectivity index (χ0n) is 22.9. The summed E-state index contributed by atoms with van der Waals surface area (Å²) in [5, 5.41) is -0.0501. The maximum Gasteiger partial charge on any atom is 0.228 e. The van der Waals surface area contributed by atoms with Crippen LogP contribution in [0.5, 0.6) is 0 Å². The van der Waals surface area contributed by atoms with Crippen LogP contribution in [0.3, 0.4) is 0 Å². The van der Waals surface area contributed by atoms with E-state index in [9.17, 15) is 4.79 Å². The summed E-state index contributed by atoms with van der Waals surface area (Å²) in [5.74, 6) is 2.89. The molecule has 0 aromatic heterocycles. The van der Waals surface area contributed by atoms with E-state index >= 15 is 0 Å². The van der Waals surface area contributed by atoms with Crippen molar-refractivity contribution in [3.05, 3.63) is 12.2 Å². The zero-order chi connectivity index (χ0) is 24.9. The summed E-state index contributed by atoms with van der Waals surface area (Å²) in [4.78, 5) is 13.0. The second-order valence-electron chi connectivity index (χ2n) is 14.7. The monoisotopic (exact) mass is 488 g/mol. The van der Waals surface area contributed by atoms with E-state index in [1.807, 2.05) is 7.11 Å². The molecule has 0 radical (unpaired) electrons. The predicted molar refractivity (Wildman–Crippen MR) is 141 cm³/mol. The third-order valence-corrected chi connectivity index (χ3v) is 14.1. The summed E-state index contributed by atoms with van der Waals surface area (Å²) >= 11 is 6.46. The van der Waals surface area contributed by atoms with Gasteiger partial charge >= 0.3 is 0 Å². The number of rotatable bonds is 3. The number of hydrogen-bond donors (Lipinski definition) is 0. The third-order valence-electron chi connectivity index (χ3n) is 13.7. The third kappa shape index (κ3) is 2.94. The van der Waals surface area contributed by atoms with Crippen molar-refractivity contribution in [2.24, 2.45) is 56.7 Å². The molecule has 192 valence electrons. The van der Waals surface area contributed by atoms with Gasteiger partial charge in [0.2, 0.25) is 5.24 Å². The van der Waals surface area contributed by atoms with E-state index in [2.05, 4.69) is 48.1 Å². The number of carbonyl (C=O) groups is 1. The van der Waals surface area contributed by atoms with Gasteiger partial charge in [0.15, 0.2) is 0 Å². The van der Waals surface area contributed by atoms with Gasteiger partial charge in [0.25, 0.3) is 0 Å². The van der Waals surface area contributed by atoms with Crippen LogP contribution in [0.2, 0.25) is 0 Å². The molecule has 0 bridgehead atoms. The molecule has 0 aliphatic heterocycles. The summed E-state index contributed by atoms with van der Waals surface area (Å²) in [7, 11) is 1.92. The molecule has 0 N–H and O–H groups in total. The predicted octanol–water partition coefficient (Wildman–Crippen LogP) is 8.42. The Kier molecular flexibility index (Phi) is 5.83. The molecule has 5 aliphatic carbocycles. The molecule has 5 saturated carbocycles. The smallest absolute Gasteiger partial charge is 0.228 e. The number of hydrogen-bond acceptors (Lipinski definition) is 2. The van der Waals surface area contributed by atoms with Crippen molar-refractivity contribution in [1.82, 2.24) is 0 Å². The number of ether oxygens (including phenoxy) is 1. The highest BCUT2D eigenvalue weighted by Gasteiger charge is 2.71. The molecule has 0 heterocycles. The molecule has 5 aliphatic rings. The van der Waals surface area contributed by atoms with Gasteiger partial charge in [-0.3, -0.25) is 4.79 Å². The summed E-state index contributed by atoms with van der Waals surface area (Å²) in [6.07, 6.45) is 12.3. The van der Waals surface area contributed by atoms with Crippen LogP contribution < -0.4 is 0 Å². The lowest BCUT2D eigenvalue weighted by Gasteiger charge is -2.73. The minimum atomic E-state index is -0.307. The lowest BCUT2D eigenvalue weighted by atomic mass is 9.32. The van der Waals surface area contributed by atoms with Gasteiger partial charge in [-0.15, -0.1) is 0 Å². The Balaban J connectivity index is 1.55. The van der Waals surface area contributed by atoms with Gasteiger partial charge in [-0.1, -0.05) is 46.8 Å². The van der Waals surface area contributed by atoms with Gasteiger partial charge in [-0.25, -0.2) is 0 Å². The molecular formula is C31H49ClO2. The first-order chi connectivity index (χ1) is 15.8. The molecule has 0 saturated heterocycles. The molecular weight excluding hydrogens is 440 g/mol. The van der Waals surface area contributed by atoms with E-state index in [0.717, 1.165) is 37.5 Å². The number of halogens is 1. The Hall–Kier alpha value is -0.340. The Labute approximate surface area is 214 Å². The SMILES string of the molecule is C=C(C)[C@@H]1CC[C@]2(C(=O)Cl)CC[C@]3(C)[C@H](CC[C@@H]4[C@@]5(C)CC[C@H](OC)C(C)(C)[C@@H]5CC[C@]43C)[C@@H]12. The van der Waals surface area contributed by atoms with E-state index in [1.165, 1.54) is 44.1 Å². The van der Waals surface area contributed by atoms with Crippen LogP contribution >= 0.6 is 11.6 Å². The maximum atomic E-state index is 13.0. The zero-order valence-corrected chi connectivity index (χ0v) is 23.7. The summed E-state index contributed by atoms with van der Waals surface area (Å²) in [6, 6.07) is 0. The molecule has 2 nitrogen and oxygen atoms in total. The van der Waals surface area contributed by atoms with Gasteiger partial charge in [0.1, 0.15) is 0 Å². The number of allylic oxidation sites excluding steroid dienone is 1. The molecule has 0 aromatic rings. The minimum Gasteiger partial charge on any atom is -0.381 e. The molecule has 3 heteroatoms. The van der Waals surface area contributed by atoms with Crippen LogP contribution in [0.4, 0.5) is 0 Å². The summed E-state index contributed by atoms with van der Waals surface area (Å²) in [6.45, 7) is 19.5. The molecule has 0 spiro atoms. The van der Waals surface area contributed by atoms with Gasteiger partial charge in [-0.05, 0) is 134 Å². The number of methoxy groups -OCH3 is 1. The van der Waals surface area contributed by atoms with Gasteiger partial charge in [-0.2, -0.15) is 0 Å². The van der Waals surface area contributed by atoms with Crippen molar-refractivity contribution in [3.8, 4) is 0 Å². The first-order valence-electron chi connectivity index (χ1n) is 14.2. The highest BCUT2D eigenvalue weighted by Crippen LogP contribution is 2.77. The van der Waals surface area contributed by atoms with Crippen molar-refractivity contribution in [1.29, 1.82) is 0 Å². The minimum absolute atomic E-state index is 0.0501. The molecule has 34 heavy (non-hydrogen) atoms. The fourth-order valence-corrected chi connectivity index (χ4v) is 12.2. The molecule has 5 fully saturated rings. The van der Waals surface area contributed by atoms with E-state index in [4.69, 9.17) is 16.3 Å². The molecule has 10 atom stereocenters. The van der Waals surface area contributed by atoms with Crippen LogP contribution in [0.1, 0.15) is 106 Å². The highest BCUT2D eigenvalue weighted by molar-refractivity contribution is 6.64. The van der Waals surface area contributed by atoms with Crippen LogP contribution in [-0.4, -0.2) is 18.5 Å². The second kappa shape index (κ2) is 7.83. The van der Waals surface area contributed by atoms with Crippen LogP contribution in [0.25, 0.3) is 0 Å². The Morgan fingerprint density at radius 3 is 2.18 bits per heavy atom. The number of fused-ring (bicyclic) bond motifs is 7. The Morgan fingerprint density at radius 1 is 0.853 bits per heavy atom. The fraction of sp³-hybridized carbons (Fsp3) is 0.903. The second-order valence-corrected chi connectivity index (χ2v) is 15.0. The van der Waals surface area contributed by atoms with Crippen molar-refractivity contribution < 1.29 is 9.53 Å². The Morgan fingerprint density at radius 2 is 1.56 bits per heavy atom. The van der Waals surface area contributed by atoms with Crippen LogP contribution in [0, 0.1) is 56.7 Å². The van der Waals surface area contributed by atoms with E-state index < -0.39 is 0 Å². The average Bonchev–Trinajstić information content (AvgIpc) is 3.15. The molecule has 0 unspecified atom stereocenters. The quantitative estimate of drug-likeness (QED) is 0.294. The normalized spacial score (nSPS) is 53.8. The summed E-state index contributed by atoms with van der Waals surface area (Å²) < 4.78 is 6.03. The Bertz CT molecular complexity index is 879.